The van der Waals surface area contributed by atoms with Gasteiger partial charge in [-0.05, 0) is 20.8 Å². The lowest BCUT2D eigenvalue weighted by Crippen LogP contribution is -2.27. The number of hydrogen-bond donors (Lipinski definition) is 1. The summed E-state index contributed by atoms with van der Waals surface area (Å²) in [7, 11) is 0. The molecule has 2 heterocycles. The van der Waals surface area contributed by atoms with Gasteiger partial charge in [-0.1, -0.05) is 22.9 Å². The number of nitrogens with one attached hydrogen (secondary N) is 1. The van der Waals surface area contributed by atoms with Crippen LogP contribution in [-0.2, 0) is 4.74 Å². The fourth-order valence-electron chi connectivity index (χ4n) is 1.25. The smallest absolute Gasteiger partial charge is 0.413 e. The quantitative estimate of drug-likeness (QED) is 0.812. The first-order valence-electron chi connectivity index (χ1n) is 5.25. The fraction of sp³-hybridized carbons (Fsp3) is 0.364. The molecule has 0 atom stereocenters. The maximum atomic E-state index is 11.6. The normalized spacial score (nSPS) is 11.6. The molecule has 2 aromatic heterocycles. The van der Waals surface area contributed by atoms with Gasteiger partial charge in [-0.25, -0.2) is 14.8 Å². The number of ether oxygens (including phenoxy) is 1. The Bertz CT molecular complexity index is 591. The van der Waals surface area contributed by atoms with Gasteiger partial charge in [-0.2, -0.15) is 0 Å². The van der Waals surface area contributed by atoms with Gasteiger partial charge in [0.25, 0.3) is 0 Å². The molecule has 0 aliphatic carbocycles. The molecular formula is C11H12ClN3O2S. The summed E-state index contributed by atoms with van der Waals surface area (Å²) in [5, 5.41) is 3.42. The van der Waals surface area contributed by atoms with E-state index in [9.17, 15) is 4.79 Å². The van der Waals surface area contributed by atoms with Crippen LogP contribution in [0.25, 0.3) is 10.2 Å². The summed E-state index contributed by atoms with van der Waals surface area (Å²) in [4.78, 5) is 19.7. The summed E-state index contributed by atoms with van der Waals surface area (Å²) in [5.74, 6) is 0. The van der Waals surface area contributed by atoms with E-state index in [0.717, 1.165) is 4.70 Å². The van der Waals surface area contributed by atoms with Gasteiger partial charge >= 0.3 is 6.09 Å². The Hall–Kier alpha value is -1.40. The number of amides is 1. The zero-order valence-corrected chi connectivity index (χ0v) is 11.7. The molecule has 0 fully saturated rings. The van der Waals surface area contributed by atoms with Crippen molar-refractivity contribution in [2.75, 3.05) is 5.32 Å². The van der Waals surface area contributed by atoms with Crippen LogP contribution in [0.3, 0.4) is 0 Å². The van der Waals surface area contributed by atoms with Crippen LogP contribution in [0.2, 0.25) is 5.15 Å². The Morgan fingerprint density at radius 3 is 2.89 bits per heavy atom. The van der Waals surface area contributed by atoms with Gasteiger partial charge in [0.05, 0.1) is 10.2 Å². The molecule has 0 saturated carbocycles. The number of hydrogen-bond acceptors (Lipinski definition) is 5. The molecule has 2 aromatic rings. The van der Waals surface area contributed by atoms with Crippen molar-refractivity contribution in [1.82, 2.24) is 9.97 Å². The maximum Gasteiger partial charge on any atom is 0.413 e. The third-order valence-corrected chi connectivity index (χ3v) is 2.98. The highest BCUT2D eigenvalue weighted by atomic mass is 35.5. The fourth-order valence-corrected chi connectivity index (χ4v) is 2.21. The molecular weight excluding hydrogens is 274 g/mol. The standard InChI is InChI=1S/C11H12ClN3O2S/c1-11(2,3)17-10(16)15-9-14-6-4-8(12)13-5-7(6)18-9/h4-5H,1-3H3,(H,14,15,16). The maximum absolute atomic E-state index is 11.6. The van der Waals surface area contributed by atoms with Crippen LogP contribution < -0.4 is 5.32 Å². The van der Waals surface area contributed by atoms with Crippen LogP contribution in [0.5, 0.6) is 0 Å². The van der Waals surface area contributed by atoms with Gasteiger partial charge in [-0.3, -0.25) is 5.32 Å². The van der Waals surface area contributed by atoms with Crippen LogP contribution in [0.15, 0.2) is 12.3 Å². The van der Waals surface area contributed by atoms with Crippen molar-refractivity contribution in [2.24, 2.45) is 0 Å². The minimum atomic E-state index is -0.536. The summed E-state index contributed by atoms with van der Waals surface area (Å²) in [6, 6.07) is 1.65. The topological polar surface area (TPSA) is 64.1 Å². The number of pyridine rings is 1. The second-order valence-corrected chi connectivity index (χ2v) is 6.04. The van der Waals surface area contributed by atoms with Crippen molar-refractivity contribution >= 4 is 44.4 Å². The molecule has 5 nitrogen and oxygen atoms in total. The van der Waals surface area contributed by atoms with Gasteiger partial charge in [0, 0.05) is 12.3 Å². The average Bonchev–Trinajstić information content (AvgIpc) is 2.55. The van der Waals surface area contributed by atoms with Crippen LogP contribution in [0, 0.1) is 0 Å². The van der Waals surface area contributed by atoms with Crippen LogP contribution in [0.1, 0.15) is 20.8 Å². The molecule has 1 amide bonds. The third kappa shape index (κ3) is 3.30. The number of aromatic nitrogens is 2. The first kappa shape index (κ1) is 13.0. The largest absolute Gasteiger partial charge is 0.444 e. The van der Waals surface area contributed by atoms with E-state index in [1.807, 2.05) is 0 Å². The highest BCUT2D eigenvalue weighted by Gasteiger charge is 2.17. The number of thiazole rings is 1. The minimum absolute atomic E-state index is 0.372. The number of nitrogens with zero attached hydrogens (tertiary/aromatic N) is 2. The second-order valence-electron chi connectivity index (χ2n) is 4.62. The lowest BCUT2D eigenvalue weighted by molar-refractivity contribution is 0.0636. The molecule has 0 aliphatic heterocycles. The Balaban J connectivity index is 2.15. The molecule has 0 spiro atoms. The van der Waals surface area contributed by atoms with Crippen molar-refractivity contribution in [3.05, 3.63) is 17.4 Å². The Kier molecular flexibility index (Phi) is 3.41. The van der Waals surface area contributed by atoms with E-state index >= 15 is 0 Å². The van der Waals surface area contributed by atoms with Crippen LogP contribution in [-0.4, -0.2) is 21.7 Å². The summed E-state index contributed by atoms with van der Waals surface area (Å²) < 4.78 is 5.99. The summed E-state index contributed by atoms with van der Waals surface area (Å²) in [6.07, 6.45) is 1.09. The highest BCUT2D eigenvalue weighted by molar-refractivity contribution is 7.22. The number of carbonyl (C=O) groups excluding carboxylic acids is 1. The number of rotatable bonds is 1. The average molecular weight is 286 g/mol. The number of anilines is 1. The van der Waals surface area contributed by atoms with E-state index in [4.69, 9.17) is 16.3 Å². The lowest BCUT2D eigenvalue weighted by Gasteiger charge is -2.18. The second kappa shape index (κ2) is 4.70. The third-order valence-electron chi connectivity index (χ3n) is 1.85. The molecule has 0 bridgehead atoms. The molecule has 0 aromatic carbocycles. The minimum Gasteiger partial charge on any atom is -0.444 e. The van der Waals surface area contributed by atoms with Crippen LogP contribution >= 0.6 is 22.9 Å². The van der Waals surface area contributed by atoms with E-state index in [1.54, 1.807) is 33.0 Å². The summed E-state index contributed by atoms with van der Waals surface area (Å²) in [6.45, 7) is 5.40. The summed E-state index contributed by atoms with van der Waals surface area (Å²) >= 11 is 7.08. The predicted molar refractivity (Wildman–Crippen MR) is 72.3 cm³/mol. The molecule has 0 saturated heterocycles. The number of fused-ring (bicyclic) bond motifs is 1. The predicted octanol–water partition coefficient (Wildman–Crippen LogP) is 3.69. The molecule has 18 heavy (non-hydrogen) atoms. The molecule has 7 heteroatoms. The Morgan fingerprint density at radius 2 is 2.22 bits per heavy atom. The monoisotopic (exact) mass is 285 g/mol. The van der Waals surface area contributed by atoms with Crippen molar-refractivity contribution in [2.45, 2.75) is 26.4 Å². The Labute approximate surface area is 113 Å². The molecule has 0 aliphatic rings. The van der Waals surface area contributed by atoms with Crippen molar-refractivity contribution in [1.29, 1.82) is 0 Å². The SMILES string of the molecule is CC(C)(C)OC(=O)Nc1nc2cc(Cl)ncc2s1. The van der Waals surface area contributed by atoms with Crippen LogP contribution in [0.4, 0.5) is 9.93 Å². The van der Waals surface area contributed by atoms with Gasteiger partial charge in [0.15, 0.2) is 5.13 Å². The van der Waals surface area contributed by atoms with Gasteiger partial charge in [0.2, 0.25) is 0 Å². The van der Waals surface area contributed by atoms with Gasteiger partial charge in [-0.15, -0.1) is 0 Å². The zero-order valence-electron chi connectivity index (χ0n) is 10.2. The van der Waals surface area contributed by atoms with Gasteiger partial charge in [0.1, 0.15) is 10.8 Å². The number of carbonyl (C=O) groups is 1. The van der Waals surface area contributed by atoms with Gasteiger partial charge < -0.3 is 4.74 Å². The first-order valence-corrected chi connectivity index (χ1v) is 6.45. The van der Waals surface area contributed by atoms with Crippen molar-refractivity contribution in [3.63, 3.8) is 0 Å². The zero-order chi connectivity index (χ0) is 13.3. The molecule has 0 radical (unpaired) electrons. The highest BCUT2D eigenvalue weighted by Crippen LogP contribution is 2.26. The van der Waals surface area contributed by atoms with E-state index in [1.165, 1.54) is 11.3 Å². The van der Waals surface area contributed by atoms with E-state index in [-0.39, 0.29) is 0 Å². The van der Waals surface area contributed by atoms with Crippen molar-refractivity contribution < 1.29 is 9.53 Å². The number of halogens is 1. The van der Waals surface area contributed by atoms with Crippen molar-refractivity contribution in [3.8, 4) is 0 Å². The molecule has 96 valence electrons. The lowest BCUT2D eigenvalue weighted by atomic mass is 10.2. The van der Waals surface area contributed by atoms with E-state index in [2.05, 4.69) is 15.3 Å². The molecule has 2 rings (SSSR count). The molecule has 0 unspecified atom stereocenters. The Morgan fingerprint density at radius 1 is 1.50 bits per heavy atom. The van der Waals surface area contributed by atoms with E-state index < -0.39 is 11.7 Å². The summed E-state index contributed by atoms with van der Waals surface area (Å²) in [5.41, 5.74) is 0.164. The molecule has 1 N–H and O–H groups in total. The first-order chi connectivity index (χ1) is 8.33. The van der Waals surface area contributed by atoms with E-state index in [0.29, 0.717) is 15.8 Å².